The van der Waals surface area contributed by atoms with Gasteiger partial charge in [-0.3, -0.25) is 20.0 Å². The summed E-state index contributed by atoms with van der Waals surface area (Å²) in [5.41, 5.74) is 4.00. The fourth-order valence-corrected chi connectivity index (χ4v) is 2.10. The van der Waals surface area contributed by atoms with E-state index in [1.807, 2.05) is 0 Å². The van der Waals surface area contributed by atoms with Gasteiger partial charge >= 0.3 is 11.9 Å². The lowest BCUT2D eigenvalue weighted by atomic mass is 10.1. The first kappa shape index (κ1) is 18.1. The topological polar surface area (TPSA) is 108 Å². The molecule has 1 aliphatic heterocycles. The maximum Gasteiger partial charge on any atom is 0.337 e. The smallest absolute Gasteiger partial charge is 0.337 e. The van der Waals surface area contributed by atoms with Gasteiger partial charge < -0.3 is 15.2 Å². The molecular weight excluding hydrogens is 326 g/mol. The summed E-state index contributed by atoms with van der Waals surface area (Å²) in [6.45, 7) is 1.97. The molecule has 0 spiro atoms. The van der Waals surface area contributed by atoms with E-state index in [1.165, 1.54) is 43.3 Å². The van der Waals surface area contributed by atoms with Crippen molar-refractivity contribution in [3.63, 3.8) is 0 Å². The molecule has 1 heterocycles. The predicted molar refractivity (Wildman–Crippen MR) is 89.4 cm³/mol. The Kier molecular flexibility index (Phi) is 5.78. The maximum absolute atomic E-state index is 12.3. The van der Waals surface area contributed by atoms with Gasteiger partial charge in [0.05, 0.1) is 24.9 Å². The predicted octanol–water partition coefficient (Wildman–Crippen LogP) is 0.894. The van der Waals surface area contributed by atoms with Crippen LogP contribution in [0.25, 0.3) is 0 Å². The summed E-state index contributed by atoms with van der Waals surface area (Å²) in [5, 5.41) is 13.3. The number of hydrogen-bond acceptors (Lipinski definition) is 6. The minimum Gasteiger partial charge on any atom is -0.480 e. The molecule has 25 heavy (non-hydrogen) atoms. The van der Waals surface area contributed by atoms with Crippen LogP contribution in [0.15, 0.2) is 48.3 Å². The van der Waals surface area contributed by atoms with Crippen LogP contribution in [0.2, 0.25) is 0 Å². The number of hydrogen-bond donors (Lipinski definition) is 3. The molecule has 8 heteroatoms. The van der Waals surface area contributed by atoms with Gasteiger partial charge in [0, 0.05) is 11.8 Å². The Hall–Kier alpha value is -3.29. The van der Waals surface area contributed by atoms with Gasteiger partial charge in [-0.15, -0.1) is 0 Å². The molecule has 8 nitrogen and oxygen atoms in total. The average Bonchev–Trinajstić information content (AvgIpc) is 2.61. The van der Waals surface area contributed by atoms with Crippen LogP contribution in [0.4, 0.5) is 0 Å². The zero-order chi connectivity index (χ0) is 18.4. The first-order valence-electron chi connectivity index (χ1n) is 7.54. The second-order valence-corrected chi connectivity index (χ2v) is 5.35. The molecule has 0 saturated heterocycles. The number of allylic oxidation sites excluding steroid dienone is 1. The Morgan fingerprint density at radius 2 is 1.84 bits per heavy atom. The van der Waals surface area contributed by atoms with Crippen molar-refractivity contribution in [3.05, 3.63) is 59.4 Å². The van der Waals surface area contributed by atoms with E-state index in [9.17, 15) is 14.4 Å². The van der Waals surface area contributed by atoms with Crippen molar-refractivity contribution in [3.8, 4) is 0 Å². The zero-order valence-electron chi connectivity index (χ0n) is 13.9. The van der Waals surface area contributed by atoms with Crippen LogP contribution in [0.1, 0.15) is 27.6 Å². The molecule has 0 bridgehead atoms. The molecule has 0 aromatic heterocycles. The van der Waals surface area contributed by atoms with E-state index in [-0.39, 0.29) is 5.91 Å². The van der Waals surface area contributed by atoms with E-state index >= 15 is 0 Å². The molecule has 0 unspecified atom stereocenters. The van der Waals surface area contributed by atoms with E-state index in [0.29, 0.717) is 23.4 Å². The van der Waals surface area contributed by atoms with Crippen LogP contribution in [-0.4, -0.2) is 47.7 Å². The van der Waals surface area contributed by atoms with Gasteiger partial charge in [0.25, 0.3) is 5.91 Å². The van der Waals surface area contributed by atoms with E-state index in [1.54, 1.807) is 18.4 Å². The Labute approximate surface area is 144 Å². The average molecular weight is 345 g/mol. The Morgan fingerprint density at radius 1 is 1.20 bits per heavy atom. The maximum atomic E-state index is 12.3. The Balaban J connectivity index is 2.00. The summed E-state index contributed by atoms with van der Waals surface area (Å²) in [6.07, 6.45) is 5.14. The quantitative estimate of drug-likeness (QED) is 0.657. The minimum atomic E-state index is -0.971. The molecule has 1 aromatic rings. The van der Waals surface area contributed by atoms with E-state index < -0.39 is 18.0 Å². The summed E-state index contributed by atoms with van der Waals surface area (Å²) < 4.78 is 4.61. The lowest BCUT2D eigenvalue weighted by molar-refractivity contribution is -0.138. The number of carbonyl (C=O) groups excluding carboxylic acids is 2. The van der Waals surface area contributed by atoms with Crippen LogP contribution in [0.5, 0.6) is 0 Å². The number of benzene rings is 1. The van der Waals surface area contributed by atoms with Gasteiger partial charge in [-0.2, -0.15) is 0 Å². The van der Waals surface area contributed by atoms with Crippen LogP contribution < -0.4 is 10.7 Å². The monoisotopic (exact) mass is 345 g/mol. The summed E-state index contributed by atoms with van der Waals surface area (Å²) in [6, 6.07) is 5.31. The molecule has 0 radical (unpaired) electrons. The fourth-order valence-electron chi connectivity index (χ4n) is 2.10. The Morgan fingerprint density at radius 3 is 2.44 bits per heavy atom. The molecule has 1 aliphatic rings. The second-order valence-electron chi connectivity index (χ2n) is 5.35. The van der Waals surface area contributed by atoms with Crippen LogP contribution in [0, 0.1) is 0 Å². The lowest BCUT2D eigenvalue weighted by Gasteiger charge is -2.25. The third-order valence-electron chi connectivity index (χ3n) is 3.46. The highest BCUT2D eigenvalue weighted by Gasteiger charge is 2.15. The zero-order valence-corrected chi connectivity index (χ0v) is 13.9. The number of nitrogens with zero attached hydrogens (tertiary/aromatic N) is 1. The van der Waals surface area contributed by atoms with Crippen molar-refractivity contribution in [2.45, 2.75) is 13.0 Å². The number of carbonyl (C=O) groups is 3. The van der Waals surface area contributed by atoms with E-state index in [2.05, 4.69) is 15.5 Å². The van der Waals surface area contributed by atoms with Crippen LogP contribution >= 0.6 is 0 Å². The molecule has 1 amide bonds. The first-order chi connectivity index (χ1) is 11.9. The minimum absolute atomic E-state index is 0.353. The second kappa shape index (κ2) is 8.00. The number of amides is 1. The summed E-state index contributed by atoms with van der Waals surface area (Å²) >= 11 is 0. The highest BCUT2D eigenvalue weighted by molar-refractivity contribution is 5.96. The van der Waals surface area contributed by atoms with Gasteiger partial charge in [-0.05, 0) is 37.3 Å². The molecule has 132 valence electrons. The highest BCUT2D eigenvalue weighted by Crippen LogP contribution is 2.08. The van der Waals surface area contributed by atoms with Gasteiger partial charge in [0.2, 0.25) is 0 Å². The van der Waals surface area contributed by atoms with Gasteiger partial charge in [0.1, 0.15) is 6.04 Å². The highest BCUT2D eigenvalue weighted by atomic mass is 16.5. The van der Waals surface area contributed by atoms with Crippen molar-refractivity contribution < 1.29 is 24.2 Å². The number of rotatable bonds is 6. The molecule has 0 aliphatic carbocycles. The van der Waals surface area contributed by atoms with Crippen molar-refractivity contribution in [2.75, 3.05) is 13.7 Å². The normalized spacial score (nSPS) is 14.3. The number of hydrazine groups is 1. The molecule has 3 N–H and O–H groups in total. The summed E-state index contributed by atoms with van der Waals surface area (Å²) in [7, 11) is 1.29. The summed E-state index contributed by atoms with van der Waals surface area (Å²) in [5.74, 6) is -1.80. The molecule has 1 aromatic carbocycles. The SMILES string of the molecule is COC(=O)c1ccc(C(=O)NN2C=C(N[C@@H](C)C(=O)O)C=CC2)cc1. The number of esters is 1. The van der Waals surface area contributed by atoms with Crippen LogP contribution in [-0.2, 0) is 9.53 Å². The third-order valence-corrected chi connectivity index (χ3v) is 3.46. The first-order valence-corrected chi connectivity index (χ1v) is 7.54. The molecular formula is C17H19N3O5. The fraction of sp³-hybridized carbons (Fsp3) is 0.235. The van der Waals surface area contributed by atoms with Gasteiger partial charge in [-0.1, -0.05) is 6.08 Å². The molecule has 1 atom stereocenters. The summed E-state index contributed by atoms with van der Waals surface area (Å²) in [4.78, 5) is 34.5. The van der Waals surface area contributed by atoms with Crippen molar-refractivity contribution in [2.24, 2.45) is 0 Å². The standard InChI is InChI=1S/C17H19N3O5/c1-11(16(22)23)18-14-4-3-9-20(10-14)19-15(21)12-5-7-13(8-6-12)17(24)25-2/h3-8,10-11,18H,9H2,1-2H3,(H,19,21)(H,22,23)/t11-/m0/s1. The van der Waals surface area contributed by atoms with E-state index in [0.717, 1.165) is 0 Å². The molecule has 0 fully saturated rings. The molecule has 2 rings (SSSR count). The number of carboxylic acid groups (broad SMARTS) is 1. The van der Waals surface area contributed by atoms with Gasteiger partial charge in [0.15, 0.2) is 0 Å². The van der Waals surface area contributed by atoms with Crippen molar-refractivity contribution in [1.82, 2.24) is 15.8 Å². The van der Waals surface area contributed by atoms with E-state index in [4.69, 9.17) is 5.11 Å². The molecule has 0 saturated carbocycles. The largest absolute Gasteiger partial charge is 0.480 e. The van der Waals surface area contributed by atoms with Crippen molar-refractivity contribution >= 4 is 17.8 Å². The number of ether oxygens (including phenoxy) is 1. The number of carboxylic acids is 1. The van der Waals surface area contributed by atoms with Crippen molar-refractivity contribution in [1.29, 1.82) is 0 Å². The number of aliphatic carboxylic acids is 1. The Bertz CT molecular complexity index is 724. The third kappa shape index (κ3) is 4.84. The number of nitrogens with one attached hydrogen (secondary N) is 2. The number of methoxy groups -OCH3 is 1. The van der Waals surface area contributed by atoms with Crippen LogP contribution in [0.3, 0.4) is 0 Å². The van der Waals surface area contributed by atoms with Gasteiger partial charge in [-0.25, -0.2) is 4.79 Å². The lowest BCUT2D eigenvalue weighted by Crippen LogP contribution is -2.42.